The number of hydrogen-bond acceptors (Lipinski definition) is 3. The molecule has 2 aromatic rings. The van der Waals surface area contributed by atoms with Crippen molar-refractivity contribution in [2.45, 2.75) is 6.10 Å². The van der Waals surface area contributed by atoms with Gasteiger partial charge in [-0.2, -0.15) is 0 Å². The largest absolute Gasteiger partial charge is 0.476 e. The molecule has 0 saturated carbocycles. The lowest BCUT2D eigenvalue weighted by Gasteiger charge is -2.34. The zero-order chi connectivity index (χ0) is 16.9. The summed E-state index contributed by atoms with van der Waals surface area (Å²) in [6.45, 7) is 3.27. The lowest BCUT2D eigenvalue weighted by atomic mass is 10.1. The number of benzene rings is 2. The molecule has 0 radical (unpaired) electrons. The average molecular weight is 389 g/mol. The molecule has 0 spiro atoms. The summed E-state index contributed by atoms with van der Waals surface area (Å²) in [7, 11) is 2.08. The van der Waals surface area contributed by atoms with Crippen LogP contribution in [-0.4, -0.2) is 48.9 Å². The Bertz CT molecular complexity index is 668. The maximum absolute atomic E-state index is 13.0. The highest BCUT2D eigenvalue weighted by Crippen LogP contribution is 2.25. The van der Waals surface area contributed by atoms with Gasteiger partial charge in [-0.1, -0.05) is 46.3 Å². The molecule has 4 nitrogen and oxygen atoms in total. The number of nitrogens with zero attached hydrogens (tertiary/aromatic N) is 2. The molecule has 5 heteroatoms. The number of hydrogen-bond donors (Lipinski definition) is 0. The first-order chi connectivity index (χ1) is 11.6. The van der Waals surface area contributed by atoms with Crippen LogP contribution in [0.5, 0.6) is 5.75 Å². The van der Waals surface area contributed by atoms with E-state index in [4.69, 9.17) is 4.74 Å². The molecular formula is C19H21BrN2O2. The first-order valence-electron chi connectivity index (χ1n) is 8.08. The fourth-order valence-corrected chi connectivity index (χ4v) is 3.00. The number of rotatable bonds is 4. The minimum absolute atomic E-state index is 0.0252. The molecule has 0 aromatic heterocycles. The molecule has 3 rings (SSSR count). The molecule has 1 amide bonds. The molecule has 2 aromatic carbocycles. The van der Waals surface area contributed by atoms with Crippen LogP contribution in [0.15, 0.2) is 59.1 Å². The molecule has 0 aliphatic carbocycles. The molecule has 0 bridgehead atoms. The Labute approximate surface area is 151 Å². The lowest BCUT2D eigenvalue weighted by Crippen LogP contribution is -2.49. The van der Waals surface area contributed by atoms with Gasteiger partial charge in [-0.15, -0.1) is 0 Å². The van der Waals surface area contributed by atoms with Gasteiger partial charge in [-0.05, 0) is 31.3 Å². The molecule has 126 valence electrons. The van der Waals surface area contributed by atoms with Crippen LogP contribution in [0.1, 0.15) is 11.7 Å². The Morgan fingerprint density at radius 3 is 2.25 bits per heavy atom. The van der Waals surface area contributed by atoms with Crippen LogP contribution in [0.4, 0.5) is 0 Å². The summed E-state index contributed by atoms with van der Waals surface area (Å²) in [6, 6.07) is 17.3. The second-order valence-electron chi connectivity index (χ2n) is 5.99. The van der Waals surface area contributed by atoms with E-state index in [0.29, 0.717) is 5.75 Å². The van der Waals surface area contributed by atoms with E-state index in [0.717, 1.165) is 36.2 Å². The summed E-state index contributed by atoms with van der Waals surface area (Å²) in [4.78, 5) is 17.2. The topological polar surface area (TPSA) is 32.8 Å². The quantitative estimate of drug-likeness (QED) is 0.804. The molecule has 0 N–H and O–H groups in total. The van der Waals surface area contributed by atoms with Crippen molar-refractivity contribution in [1.82, 2.24) is 9.80 Å². The van der Waals surface area contributed by atoms with Gasteiger partial charge < -0.3 is 14.5 Å². The van der Waals surface area contributed by atoms with E-state index in [1.165, 1.54) is 0 Å². The van der Waals surface area contributed by atoms with Gasteiger partial charge in [0, 0.05) is 36.2 Å². The van der Waals surface area contributed by atoms with Crippen molar-refractivity contribution in [3.8, 4) is 5.75 Å². The monoisotopic (exact) mass is 388 g/mol. The van der Waals surface area contributed by atoms with Crippen molar-refractivity contribution in [1.29, 1.82) is 0 Å². The molecule has 1 aliphatic heterocycles. The van der Waals surface area contributed by atoms with Gasteiger partial charge in [0.2, 0.25) is 6.10 Å². The van der Waals surface area contributed by atoms with Crippen molar-refractivity contribution in [3.05, 3.63) is 64.6 Å². The third-order valence-corrected chi connectivity index (χ3v) is 4.74. The van der Waals surface area contributed by atoms with Gasteiger partial charge in [0.15, 0.2) is 0 Å². The zero-order valence-corrected chi connectivity index (χ0v) is 15.3. The van der Waals surface area contributed by atoms with E-state index in [9.17, 15) is 4.79 Å². The van der Waals surface area contributed by atoms with Gasteiger partial charge in [-0.25, -0.2) is 0 Å². The highest BCUT2D eigenvalue weighted by atomic mass is 79.9. The van der Waals surface area contributed by atoms with Crippen LogP contribution < -0.4 is 4.74 Å². The van der Waals surface area contributed by atoms with E-state index >= 15 is 0 Å². The maximum atomic E-state index is 13.0. The van der Waals surface area contributed by atoms with E-state index in [1.54, 1.807) is 0 Å². The van der Waals surface area contributed by atoms with E-state index < -0.39 is 6.10 Å². The van der Waals surface area contributed by atoms with Crippen molar-refractivity contribution in [2.24, 2.45) is 0 Å². The third-order valence-electron chi connectivity index (χ3n) is 4.21. The molecule has 0 unspecified atom stereocenters. The molecule has 1 heterocycles. The van der Waals surface area contributed by atoms with E-state index in [2.05, 4.69) is 27.9 Å². The average Bonchev–Trinajstić information content (AvgIpc) is 2.62. The Kier molecular flexibility index (Phi) is 5.53. The second kappa shape index (κ2) is 7.81. The van der Waals surface area contributed by atoms with E-state index in [-0.39, 0.29) is 5.91 Å². The highest BCUT2D eigenvalue weighted by molar-refractivity contribution is 9.10. The van der Waals surface area contributed by atoms with Crippen LogP contribution in [0.25, 0.3) is 0 Å². The SMILES string of the molecule is CN1CCN(C(=O)[C@@H](Oc2ccc(Br)cc2)c2ccccc2)CC1. The minimum Gasteiger partial charge on any atom is -0.476 e. The number of halogens is 1. The van der Waals surface area contributed by atoms with Crippen LogP contribution >= 0.6 is 15.9 Å². The predicted molar refractivity (Wildman–Crippen MR) is 98.0 cm³/mol. The standard InChI is InChI=1S/C19H21BrN2O2/c1-21-11-13-22(14-12-21)19(23)18(15-5-3-2-4-6-15)24-17-9-7-16(20)8-10-17/h2-10,18H,11-14H2,1H3/t18-/m0/s1. The van der Waals surface area contributed by atoms with E-state index in [1.807, 2.05) is 59.5 Å². The fourth-order valence-electron chi connectivity index (χ4n) is 2.73. The number of ether oxygens (including phenoxy) is 1. The summed E-state index contributed by atoms with van der Waals surface area (Å²) >= 11 is 3.42. The van der Waals surface area contributed by atoms with Gasteiger partial charge in [-0.3, -0.25) is 4.79 Å². The molecular weight excluding hydrogens is 368 g/mol. The maximum Gasteiger partial charge on any atom is 0.268 e. The summed E-state index contributed by atoms with van der Waals surface area (Å²) in [5.41, 5.74) is 0.879. The first-order valence-corrected chi connectivity index (χ1v) is 8.87. The van der Waals surface area contributed by atoms with Crippen molar-refractivity contribution in [2.75, 3.05) is 33.2 Å². The number of piperazine rings is 1. The molecule has 1 saturated heterocycles. The number of likely N-dealkylation sites (N-methyl/N-ethyl adjacent to an activating group) is 1. The van der Waals surface area contributed by atoms with Crippen LogP contribution in [-0.2, 0) is 4.79 Å². The van der Waals surface area contributed by atoms with Crippen molar-refractivity contribution in [3.63, 3.8) is 0 Å². The number of carbonyl (C=O) groups excluding carboxylic acids is 1. The summed E-state index contributed by atoms with van der Waals surface area (Å²) < 4.78 is 7.05. The minimum atomic E-state index is -0.615. The Balaban J connectivity index is 1.82. The zero-order valence-electron chi connectivity index (χ0n) is 13.7. The van der Waals surface area contributed by atoms with Gasteiger partial charge in [0.25, 0.3) is 5.91 Å². The molecule has 1 aliphatic rings. The summed E-state index contributed by atoms with van der Waals surface area (Å²) in [5, 5.41) is 0. The van der Waals surface area contributed by atoms with Crippen LogP contribution in [0.3, 0.4) is 0 Å². The number of carbonyl (C=O) groups is 1. The third kappa shape index (κ3) is 4.16. The number of amides is 1. The lowest BCUT2D eigenvalue weighted by molar-refractivity contribution is -0.140. The predicted octanol–water partition coefficient (Wildman–Crippen LogP) is 3.34. The van der Waals surface area contributed by atoms with Crippen molar-refractivity contribution >= 4 is 21.8 Å². The first kappa shape index (κ1) is 17.0. The fraction of sp³-hybridized carbons (Fsp3) is 0.316. The highest BCUT2D eigenvalue weighted by Gasteiger charge is 2.29. The van der Waals surface area contributed by atoms with Gasteiger partial charge in [0.05, 0.1) is 0 Å². The Hall–Kier alpha value is -1.85. The smallest absolute Gasteiger partial charge is 0.268 e. The summed E-state index contributed by atoms with van der Waals surface area (Å²) in [5.74, 6) is 0.715. The second-order valence-corrected chi connectivity index (χ2v) is 6.91. The Morgan fingerprint density at radius 2 is 1.62 bits per heavy atom. The molecule has 1 fully saturated rings. The normalized spacial score (nSPS) is 16.7. The molecule has 24 heavy (non-hydrogen) atoms. The summed E-state index contributed by atoms with van der Waals surface area (Å²) in [6.07, 6.45) is -0.615. The van der Waals surface area contributed by atoms with Gasteiger partial charge >= 0.3 is 0 Å². The van der Waals surface area contributed by atoms with Crippen LogP contribution in [0.2, 0.25) is 0 Å². The Morgan fingerprint density at radius 1 is 1.00 bits per heavy atom. The van der Waals surface area contributed by atoms with Gasteiger partial charge in [0.1, 0.15) is 5.75 Å². The van der Waals surface area contributed by atoms with Crippen LogP contribution in [0, 0.1) is 0 Å². The molecule has 1 atom stereocenters. The van der Waals surface area contributed by atoms with Crippen molar-refractivity contribution < 1.29 is 9.53 Å².